The molecule has 4 N–H and O–H groups in total. The minimum absolute atomic E-state index is 0.00231. The number of likely N-dealkylation sites (tertiary alicyclic amines) is 4. The van der Waals surface area contributed by atoms with Crippen molar-refractivity contribution in [3.05, 3.63) is 317 Å². The van der Waals surface area contributed by atoms with Crippen molar-refractivity contribution in [3.8, 4) is 34.5 Å². The highest BCUT2D eigenvalue weighted by atomic mass is 35.5. The van der Waals surface area contributed by atoms with E-state index in [4.69, 9.17) is 84.3 Å². The van der Waals surface area contributed by atoms with E-state index >= 15 is 0 Å². The molecule has 4 unspecified atom stereocenters. The maximum Gasteiger partial charge on any atom is 0.245 e. The van der Waals surface area contributed by atoms with Crippen LogP contribution >= 0.6 is 46.4 Å². The fourth-order valence-electron chi connectivity index (χ4n) is 19.3. The van der Waals surface area contributed by atoms with Crippen molar-refractivity contribution in [3.63, 3.8) is 0 Å². The maximum absolute atomic E-state index is 13.6. The monoisotopic (exact) mass is 2110 g/mol. The van der Waals surface area contributed by atoms with Crippen LogP contribution in [-0.2, 0) is 67.5 Å². The molecule has 0 aliphatic carbocycles. The lowest BCUT2D eigenvalue weighted by Crippen LogP contribution is -2.39. The zero-order valence-corrected chi connectivity index (χ0v) is 86.1. The topological polar surface area (TPSA) is 319 Å². The molecule has 20 rings (SSSR count). The molecular weight excluding hydrogens is 2000 g/mol. The van der Waals surface area contributed by atoms with E-state index in [-0.39, 0.29) is 58.3 Å². The van der Waals surface area contributed by atoms with Crippen molar-refractivity contribution in [2.45, 2.75) is 109 Å². The molecule has 4 amide bonds. The molecule has 14 aromatic rings. The van der Waals surface area contributed by atoms with Gasteiger partial charge in [-0.15, -0.1) is 0 Å². The number of aromatic nitrogens is 9. The van der Waals surface area contributed by atoms with Gasteiger partial charge in [0.25, 0.3) is 0 Å². The summed E-state index contributed by atoms with van der Waals surface area (Å²) in [5.74, 6) is 6.82. The van der Waals surface area contributed by atoms with Crippen LogP contribution in [0, 0.1) is 41.1 Å². The van der Waals surface area contributed by atoms with Gasteiger partial charge in [-0.2, -0.15) is 0 Å². The summed E-state index contributed by atoms with van der Waals surface area (Å²) >= 11 is 25.0. The summed E-state index contributed by atoms with van der Waals surface area (Å²) in [6.07, 6.45) is 24.7. The number of anilines is 8. The number of carbonyl (C=O) groups excluding carboxylic acids is 4. The molecular formula is C114H114Cl4F3N17O12. The van der Waals surface area contributed by atoms with Gasteiger partial charge in [0.2, 0.25) is 23.6 Å². The largest absolute Gasteiger partial charge is 0.496 e. The Balaban J connectivity index is 0.000000136. The highest BCUT2D eigenvalue weighted by Gasteiger charge is 2.33. The third-order valence-electron chi connectivity index (χ3n) is 27.2. The number of fused-ring (bicyclic) bond motifs is 4. The zero-order chi connectivity index (χ0) is 105. The fraction of sp³-hybridized carbons (Fsp3) is 0.307. The van der Waals surface area contributed by atoms with Crippen molar-refractivity contribution in [1.82, 2.24) is 64.5 Å². The Morgan fingerprint density at radius 3 is 1.14 bits per heavy atom. The minimum Gasteiger partial charge on any atom is -0.496 e. The number of nitrogens with one attached hydrogen (secondary N) is 4. The fourth-order valence-corrected chi connectivity index (χ4v) is 20.2. The Labute approximate surface area is 887 Å². The molecule has 11 heterocycles. The van der Waals surface area contributed by atoms with E-state index in [0.717, 1.165) is 229 Å². The molecule has 0 radical (unpaired) electrons. The van der Waals surface area contributed by atoms with Gasteiger partial charge < -0.3 is 78.8 Å². The van der Waals surface area contributed by atoms with Crippen molar-refractivity contribution in [1.29, 1.82) is 0 Å². The van der Waals surface area contributed by atoms with Gasteiger partial charge in [0.15, 0.2) is 0 Å². The zero-order valence-electron chi connectivity index (χ0n) is 83.0. The highest BCUT2D eigenvalue weighted by molar-refractivity contribution is 6.33. The SMILES string of the molecule is C=CC(=O)N1CCC(Cc2cc3c(Nc4ccc(F)c(Cl)c4)ncnc3cc2OC2CCOC2)C1.C=CC(=O)N1CCC(Cc2cc3c(Nc4ccc(OCc5cccc(F)c5)c(Cl)c4)ncnc3cc2OC)CC1.C=CC(=O)N1CCC(Cc2cc3c(Nc4ccc(OCc5ccccn5)c(Cl)c4)ncnc3cc2OC)CC1.C=CC(=O)N1CCCC(Cc2cc3c(Nc4ccc(F)c(Cl)c4)ncnc3cc2OC2CCOC2)C1. The number of rotatable bonds is 32. The third-order valence-corrected chi connectivity index (χ3v) is 28.4. The van der Waals surface area contributed by atoms with E-state index in [1.807, 2.05) is 92.4 Å². The number of benzene rings is 9. The second-order valence-corrected chi connectivity index (χ2v) is 39.0. The van der Waals surface area contributed by atoms with Gasteiger partial charge in [0.05, 0.1) is 88.5 Å². The quantitative estimate of drug-likeness (QED) is 0.0285. The number of hydrogen-bond acceptors (Lipinski definition) is 25. The van der Waals surface area contributed by atoms with Crippen LogP contribution in [-0.4, -0.2) is 193 Å². The lowest BCUT2D eigenvalue weighted by atomic mass is 9.89. The van der Waals surface area contributed by atoms with Gasteiger partial charge in [0.1, 0.15) is 126 Å². The molecule has 6 fully saturated rings. The van der Waals surface area contributed by atoms with Crippen LogP contribution < -0.4 is 49.7 Å². The number of nitrogens with zero attached hydrogens (tertiary/aromatic N) is 13. The molecule has 6 aliphatic heterocycles. The van der Waals surface area contributed by atoms with Gasteiger partial charge in [-0.1, -0.05) is 90.9 Å². The number of methoxy groups -OCH3 is 2. The molecule has 6 aliphatic rings. The van der Waals surface area contributed by atoms with Crippen LogP contribution in [0.5, 0.6) is 34.5 Å². The van der Waals surface area contributed by atoms with Gasteiger partial charge in [0, 0.05) is 140 Å². The lowest BCUT2D eigenvalue weighted by Gasteiger charge is -2.32. The van der Waals surface area contributed by atoms with E-state index in [1.54, 1.807) is 56.8 Å². The number of hydrogen-bond donors (Lipinski definition) is 4. The average Bonchev–Trinajstić information content (AvgIpc) is 1.13. The molecule has 0 saturated carbocycles. The summed E-state index contributed by atoms with van der Waals surface area (Å²) in [6, 6.07) is 47.8. The molecule has 36 heteroatoms. The van der Waals surface area contributed by atoms with Crippen LogP contribution in [0.2, 0.25) is 20.1 Å². The Hall–Kier alpha value is -14.8. The molecule has 776 valence electrons. The van der Waals surface area contributed by atoms with E-state index in [1.165, 1.54) is 86.0 Å². The maximum atomic E-state index is 13.6. The first-order chi connectivity index (χ1) is 73.0. The van der Waals surface area contributed by atoms with Gasteiger partial charge >= 0.3 is 0 Å². The second kappa shape index (κ2) is 50.9. The highest BCUT2D eigenvalue weighted by Crippen LogP contribution is 2.43. The Kier molecular flexibility index (Phi) is 36.2. The molecule has 0 spiro atoms. The predicted molar refractivity (Wildman–Crippen MR) is 577 cm³/mol. The van der Waals surface area contributed by atoms with E-state index in [9.17, 15) is 32.3 Å². The summed E-state index contributed by atoms with van der Waals surface area (Å²) in [7, 11) is 3.34. The van der Waals surface area contributed by atoms with Crippen LogP contribution in [0.15, 0.2) is 246 Å². The Morgan fingerprint density at radius 1 is 0.380 bits per heavy atom. The van der Waals surface area contributed by atoms with Gasteiger partial charge in [-0.25, -0.2) is 53.0 Å². The van der Waals surface area contributed by atoms with Crippen molar-refractivity contribution in [2.24, 2.45) is 23.7 Å². The van der Waals surface area contributed by atoms with Gasteiger partial charge in [-0.3, -0.25) is 24.2 Å². The molecule has 0 bridgehead atoms. The van der Waals surface area contributed by atoms with E-state index in [0.29, 0.717) is 132 Å². The average molecular weight is 2110 g/mol. The first-order valence-corrected chi connectivity index (χ1v) is 51.3. The first kappa shape index (κ1) is 107. The predicted octanol–water partition coefficient (Wildman–Crippen LogP) is 22.9. The number of carbonyl (C=O) groups is 4. The number of pyridine rings is 1. The minimum atomic E-state index is -0.481. The standard InChI is InChI=1S/C31H30ClFN4O3.C30H30ClN5O3.C27H28ClFN4O3.C26H26ClFN4O3/c1-3-30(38)37-11-9-20(10-12-37)13-22-15-25-27(17-29(22)39-2)34-19-35-31(25)36-24-7-8-28(26(32)16-24)40-18-21-5-4-6-23(33)14-21;1-3-29(37)36-12-9-20(10-13-36)14-21-15-24-26(17-28(21)38-2)33-19-34-30(24)35-22-7-8-27(25(31)16-22)39-18-23-6-4-5-11-32-23;1-2-26(34)33-8-3-4-17(14-33)10-18-11-21-24(13-25(18)36-20-7-9-35-15-20)30-16-31-27(21)32-19-5-6-23(29)22(28)12-19;1-2-25(33)32-7-5-16(13-32)9-17-10-20-23(12-24(17)35-19-6-8-34-14-19)29-15-30-26(20)31-18-3-4-22(28)21(27)11-18/h3-8,14-17,19-20H,1,9-13,18H2,2H3,(H,34,35,36);3-8,11,15-17,19-20H,1,9-10,12-14,18H2,2H3,(H,33,34,35);2,5-6,11-13,16-17,20H,1,3-4,7-10,14-15H2,(H,30,31,32);2-4,10-12,15-16,19H,1,5-9,13-14H2,(H,29,30,31). The summed E-state index contributed by atoms with van der Waals surface area (Å²) in [5.41, 5.74) is 11.5. The number of ether oxygens (including phenoxy) is 8. The molecule has 150 heavy (non-hydrogen) atoms. The smallest absolute Gasteiger partial charge is 0.245 e. The molecule has 29 nitrogen and oxygen atoms in total. The summed E-state index contributed by atoms with van der Waals surface area (Å²) in [6.45, 7) is 23.2. The molecule has 6 saturated heterocycles. The molecule has 4 atom stereocenters. The summed E-state index contributed by atoms with van der Waals surface area (Å²) < 4.78 is 87.5. The lowest BCUT2D eigenvalue weighted by molar-refractivity contribution is -0.128. The van der Waals surface area contributed by atoms with Crippen LogP contribution in [0.3, 0.4) is 0 Å². The van der Waals surface area contributed by atoms with Crippen LogP contribution in [0.4, 0.5) is 59.2 Å². The summed E-state index contributed by atoms with van der Waals surface area (Å²) in [4.78, 5) is 95.6. The summed E-state index contributed by atoms with van der Waals surface area (Å²) in [5, 5.41) is 17.6. The normalized spacial score (nSPS) is 16.6. The van der Waals surface area contributed by atoms with E-state index < -0.39 is 11.6 Å². The Bertz CT molecular complexity index is 7250. The van der Waals surface area contributed by atoms with Gasteiger partial charge in [-0.05, 0) is 268 Å². The Morgan fingerprint density at radius 2 is 0.753 bits per heavy atom. The first-order valence-electron chi connectivity index (χ1n) is 49.8. The van der Waals surface area contributed by atoms with E-state index in [2.05, 4.69) is 111 Å². The number of halogens is 7. The van der Waals surface area contributed by atoms with Crippen molar-refractivity contribution >= 4 is 160 Å². The third kappa shape index (κ3) is 27.6. The number of piperidine rings is 3. The van der Waals surface area contributed by atoms with Crippen molar-refractivity contribution in [2.75, 3.05) is 114 Å². The molecule has 5 aromatic heterocycles. The van der Waals surface area contributed by atoms with Crippen LogP contribution in [0.25, 0.3) is 43.6 Å². The van der Waals surface area contributed by atoms with Crippen LogP contribution in [0.1, 0.15) is 91.3 Å². The van der Waals surface area contributed by atoms with Crippen molar-refractivity contribution < 1.29 is 70.2 Å². The number of amides is 4. The second-order valence-electron chi connectivity index (χ2n) is 37.4. The molecule has 9 aromatic carbocycles.